The molecule has 0 aliphatic heterocycles. The fourth-order valence-electron chi connectivity index (χ4n) is 2.87. The lowest BCUT2D eigenvalue weighted by molar-refractivity contribution is -0.142. The Morgan fingerprint density at radius 1 is 1.07 bits per heavy atom. The molecule has 0 saturated heterocycles. The van der Waals surface area contributed by atoms with Gasteiger partial charge in [0.05, 0.1) is 0 Å². The number of hydrogen-bond donors (Lipinski definition) is 1. The van der Waals surface area contributed by atoms with E-state index >= 15 is 0 Å². The standard InChI is InChI=1S/C24H31FN2O3/c1-16-7-12-21(13-17(16)2)30-15-22(28)27(14-19-8-10-20(25)11-9-19)18(3)23(29)26-24(4,5)6/h7-13,18H,14-15H2,1-6H3,(H,26,29)/t18-/m0/s1. The van der Waals surface area contributed by atoms with Crippen molar-refractivity contribution in [3.63, 3.8) is 0 Å². The molecule has 0 fully saturated rings. The van der Waals surface area contributed by atoms with Gasteiger partial charge in [-0.2, -0.15) is 0 Å². The van der Waals surface area contributed by atoms with E-state index in [0.717, 1.165) is 16.7 Å². The highest BCUT2D eigenvalue weighted by Gasteiger charge is 2.28. The average Bonchev–Trinajstić information content (AvgIpc) is 2.66. The molecule has 0 bridgehead atoms. The Morgan fingerprint density at radius 2 is 1.70 bits per heavy atom. The van der Waals surface area contributed by atoms with Crippen LogP contribution >= 0.6 is 0 Å². The molecule has 0 aliphatic carbocycles. The van der Waals surface area contributed by atoms with Gasteiger partial charge in [-0.25, -0.2) is 4.39 Å². The summed E-state index contributed by atoms with van der Waals surface area (Å²) >= 11 is 0. The quantitative estimate of drug-likeness (QED) is 0.740. The predicted molar refractivity (Wildman–Crippen MR) is 116 cm³/mol. The van der Waals surface area contributed by atoms with Crippen LogP contribution in [-0.2, 0) is 16.1 Å². The molecule has 0 saturated carbocycles. The van der Waals surface area contributed by atoms with Gasteiger partial charge in [0.15, 0.2) is 6.61 Å². The minimum absolute atomic E-state index is 0.175. The van der Waals surface area contributed by atoms with Gasteiger partial charge in [0.1, 0.15) is 17.6 Å². The van der Waals surface area contributed by atoms with Gasteiger partial charge in [-0.05, 0) is 82.5 Å². The van der Waals surface area contributed by atoms with E-state index in [0.29, 0.717) is 5.75 Å². The molecule has 0 aromatic heterocycles. The second-order valence-corrected chi connectivity index (χ2v) is 8.60. The van der Waals surface area contributed by atoms with Crippen molar-refractivity contribution in [1.29, 1.82) is 0 Å². The van der Waals surface area contributed by atoms with E-state index in [2.05, 4.69) is 5.32 Å². The van der Waals surface area contributed by atoms with Gasteiger partial charge >= 0.3 is 0 Å². The van der Waals surface area contributed by atoms with Gasteiger partial charge < -0.3 is 15.0 Å². The summed E-state index contributed by atoms with van der Waals surface area (Å²) in [7, 11) is 0. The number of benzene rings is 2. The van der Waals surface area contributed by atoms with Crippen molar-refractivity contribution in [2.24, 2.45) is 0 Å². The molecule has 2 aromatic carbocycles. The number of carbonyl (C=O) groups excluding carboxylic acids is 2. The van der Waals surface area contributed by atoms with Crippen molar-refractivity contribution < 1.29 is 18.7 Å². The molecule has 6 heteroatoms. The number of halogens is 1. The number of hydrogen-bond acceptors (Lipinski definition) is 3. The summed E-state index contributed by atoms with van der Waals surface area (Å²) in [6, 6.07) is 10.8. The molecule has 2 aromatic rings. The maximum absolute atomic E-state index is 13.3. The van der Waals surface area contributed by atoms with E-state index in [-0.39, 0.29) is 30.8 Å². The summed E-state index contributed by atoms with van der Waals surface area (Å²) < 4.78 is 18.9. The van der Waals surface area contributed by atoms with Crippen LogP contribution in [0.5, 0.6) is 5.75 Å². The SMILES string of the molecule is Cc1ccc(OCC(=O)N(Cc2ccc(F)cc2)[C@@H](C)C(=O)NC(C)(C)C)cc1C. The Bertz CT molecular complexity index is 888. The van der Waals surface area contributed by atoms with Crippen molar-refractivity contribution >= 4 is 11.8 Å². The molecule has 162 valence electrons. The molecular formula is C24H31FN2O3. The van der Waals surface area contributed by atoms with Crippen LogP contribution in [0.15, 0.2) is 42.5 Å². The number of amides is 2. The van der Waals surface area contributed by atoms with Gasteiger partial charge in [-0.15, -0.1) is 0 Å². The monoisotopic (exact) mass is 414 g/mol. The lowest BCUT2D eigenvalue weighted by atomic mass is 10.1. The van der Waals surface area contributed by atoms with Crippen molar-refractivity contribution in [2.75, 3.05) is 6.61 Å². The Labute approximate surface area is 178 Å². The maximum atomic E-state index is 13.3. The van der Waals surface area contributed by atoms with Gasteiger partial charge in [0.2, 0.25) is 5.91 Å². The number of ether oxygens (including phenoxy) is 1. The highest BCUT2D eigenvalue weighted by atomic mass is 19.1. The zero-order valence-corrected chi connectivity index (χ0v) is 18.6. The smallest absolute Gasteiger partial charge is 0.261 e. The Kier molecular flexibility index (Phi) is 7.59. The molecule has 0 aliphatic rings. The highest BCUT2D eigenvalue weighted by Crippen LogP contribution is 2.17. The summed E-state index contributed by atoms with van der Waals surface area (Å²) in [5, 5.41) is 2.90. The van der Waals surface area contributed by atoms with Gasteiger partial charge in [0, 0.05) is 12.1 Å². The van der Waals surface area contributed by atoms with Gasteiger partial charge in [-0.3, -0.25) is 9.59 Å². The molecule has 0 spiro atoms. The van der Waals surface area contributed by atoms with E-state index in [4.69, 9.17) is 4.74 Å². The minimum Gasteiger partial charge on any atom is -0.484 e. The Balaban J connectivity index is 2.17. The first-order valence-electron chi connectivity index (χ1n) is 10.0. The maximum Gasteiger partial charge on any atom is 0.261 e. The predicted octanol–water partition coefficient (Wildman–Crippen LogP) is 4.15. The normalized spacial score (nSPS) is 12.2. The van der Waals surface area contributed by atoms with Crippen LogP contribution in [0.2, 0.25) is 0 Å². The van der Waals surface area contributed by atoms with E-state index in [1.54, 1.807) is 19.1 Å². The zero-order valence-electron chi connectivity index (χ0n) is 18.6. The largest absolute Gasteiger partial charge is 0.484 e. The first-order valence-corrected chi connectivity index (χ1v) is 10.0. The molecule has 30 heavy (non-hydrogen) atoms. The third kappa shape index (κ3) is 6.87. The van der Waals surface area contributed by atoms with E-state index in [1.807, 2.05) is 52.8 Å². The van der Waals surface area contributed by atoms with Gasteiger partial charge in [-0.1, -0.05) is 18.2 Å². The van der Waals surface area contributed by atoms with E-state index < -0.39 is 11.6 Å². The van der Waals surface area contributed by atoms with Crippen LogP contribution in [0.3, 0.4) is 0 Å². The van der Waals surface area contributed by atoms with Crippen LogP contribution in [0.25, 0.3) is 0 Å². The van der Waals surface area contributed by atoms with E-state index in [1.165, 1.54) is 17.0 Å². The first-order chi connectivity index (χ1) is 14.0. The first kappa shape index (κ1) is 23.4. The number of aryl methyl sites for hydroxylation is 2. The van der Waals surface area contributed by atoms with Crippen LogP contribution in [0, 0.1) is 19.7 Å². The molecule has 1 atom stereocenters. The summed E-state index contributed by atoms with van der Waals surface area (Å²) in [6.07, 6.45) is 0. The lowest BCUT2D eigenvalue weighted by Gasteiger charge is -2.31. The zero-order chi connectivity index (χ0) is 22.5. The molecule has 0 heterocycles. The van der Waals surface area contributed by atoms with Crippen LogP contribution in [0.4, 0.5) is 4.39 Å². The molecule has 2 rings (SSSR count). The summed E-state index contributed by atoms with van der Waals surface area (Å²) in [5.41, 5.74) is 2.51. The number of nitrogens with zero attached hydrogens (tertiary/aromatic N) is 1. The summed E-state index contributed by atoms with van der Waals surface area (Å²) in [5.74, 6) is -0.341. The number of nitrogens with one attached hydrogen (secondary N) is 1. The van der Waals surface area contributed by atoms with Crippen molar-refractivity contribution in [1.82, 2.24) is 10.2 Å². The molecular weight excluding hydrogens is 383 g/mol. The average molecular weight is 415 g/mol. The fourth-order valence-corrected chi connectivity index (χ4v) is 2.87. The lowest BCUT2D eigenvalue weighted by Crippen LogP contribution is -2.53. The van der Waals surface area contributed by atoms with Crippen LogP contribution < -0.4 is 10.1 Å². The third-order valence-corrected chi connectivity index (χ3v) is 4.77. The van der Waals surface area contributed by atoms with Crippen molar-refractivity contribution in [3.8, 4) is 5.75 Å². The molecule has 2 amide bonds. The molecule has 0 radical (unpaired) electrons. The Hall–Kier alpha value is -2.89. The minimum atomic E-state index is -0.717. The molecule has 0 unspecified atom stereocenters. The van der Waals surface area contributed by atoms with Crippen LogP contribution in [0.1, 0.15) is 44.4 Å². The molecule has 1 N–H and O–H groups in total. The third-order valence-electron chi connectivity index (χ3n) is 4.77. The van der Waals surface area contributed by atoms with Gasteiger partial charge in [0.25, 0.3) is 5.91 Å². The fraction of sp³-hybridized carbons (Fsp3) is 0.417. The number of carbonyl (C=O) groups is 2. The topological polar surface area (TPSA) is 58.6 Å². The van der Waals surface area contributed by atoms with Crippen molar-refractivity contribution in [3.05, 3.63) is 65.0 Å². The Morgan fingerprint density at radius 3 is 2.27 bits per heavy atom. The summed E-state index contributed by atoms with van der Waals surface area (Å²) in [4.78, 5) is 27.2. The second kappa shape index (κ2) is 9.74. The second-order valence-electron chi connectivity index (χ2n) is 8.60. The molecule has 5 nitrogen and oxygen atoms in total. The van der Waals surface area contributed by atoms with Crippen LogP contribution in [-0.4, -0.2) is 34.9 Å². The number of rotatable bonds is 7. The van der Waals surface area contributed by atoms with E-state index in [9.17, 15) is 14.0 Å². The highest BCUT2D eigenvalue weighted by molar-refractivity contribution is 5.88. The van der Waals surface area contributed by atoms with Crippen molar-refractivity contribution in [2.45, 2.75) is 59.7 Å². The summed E-state index contributed by atoms with van der Waals surface area (Å²) in [6.45, 7) is 11.3.